The van der Waals surface area contributed by atoms with E-state index < -0.39 is 6.03 Å². The highest BCUT2D eigenvalue weighted by molar-refractivity contribution is 14.1. The summed E-state index contributed by atoms with van der Waals surface area (Å²) in [6.45, 7) is 2.56. The Morgan fingerprint density at radius 2 is 1.96 bits per heavy atom. The number of primary amides is 1. The van der Waals surface area contributed by atoms with Crippen LogP contribution in [-0.4, -0.2) is 31.4 Å². The number of ether oxygens (including phenoxy) is 2. The van der Waals surface area contributed by atoms with Gasteiger partial charge in [0.05, 0.1) is 16.4 Å². The van der Waals surface area contributed by atoms with Crippen molar-refractivity contribution < 1.29 is 19.1 Å². The lowest BCUT2D eigenvalue weighted by atomic mass is 10.2. The molecule has 0 radical (unpaired) electrons. The van der Waals surface area contributed by atoms with Gasteiger partial charge in [-0.1, -0.05) is 30.3 Å². The van der Waals surface area contributed by atoms with Crippen molar-refractivity contribution in [2.45, 2.75) is 13.5 Å². The molecule has 4 N–H and O–H groups in total. The molecule has 8 nitrogen and oxygen atoms in total. The van der Waals surface area contributed by atoms with Crippen LogP contribution in [0.5, 0.6) is 11.5 Å². The molecule has 148 valence electrons. The maximum absolute atomic E-state index is 12.1. The third kappa shape index (κ3) is 7.06. The fraction of sp³-hybridized carbons (Fsp3) is 0.211. The van der Waals surface area contributed by atoms with Crippen molar-refractivity contribution in [1.29, 1.82) is 0 Å². The third-order valence-corrected chi connectivity index (χ3v) is 4.20. The molecule has 0 aromatic heterocycles. The normalized spacial score (nSPS) is 10.5. The second-order valence-corrected chi connectivity index (χ2v) is 6.71. The number of benzene rings is 2. The molecule has 9 heteroatoms. The van der Waals surface area contributed by atoms with E-state index in [1.807, 2.05) is 37.3 Å². The summed E-state index contributed by atoms with van der Waals surface area (Å²) in [5.74, 6) is 0.710. The molecule has 0 atom stereocenters. The molecule has 0 saturated heterocycles. The van der Waals surface area contributed by atoms with Crippen LogP contribution in [-0.2, 0) is 11.3 Å². The number of hydrazone groups is 1. The van der Waals surface area contributed by atoms with Crippen LogP contribution in [0.15, 0.2) is 47.6 Å². The highest BCUT2D eigenvalue weighted by atomic mass is 127. The number of nitrogens with two attached hydrogens (primary N) is 1. The Morgan fingerprint density at radius 3 is 2.64 bits per heavy atom. The summed E-state index contributed by atoms with van der Waals surface area (Å²) in [7, 11) is 0. The summed E-state index contributed by atoms with van der Waals surface area (Å²) in [5, 5.41) is 6.54. The Balaban J connectivity index is 2.01. The maximum atomic E-state index is 12.1. The molecule has 3 amide bonds. The quantitative estimate of drug-likeness (QED) is 0.281. The van der Waals surface area contributed by atoms with Gasteiger partial charge < -0.3 is 20.5 Å². The van der Waals surface area contributed by atoms with Gasteiger partial charge in [-0.3, -0.25) is 4.79 Å². The van der Waals surface area contributed by atoms with E-state index in [9.17, 15) is 9.59 Å². The first-order valence-electron chi connectivity index (χ1n) is 8.48. The fourth-order valence-corrected chi connectivity index (χ4v) is 3.00. The Bertz CT molecular complexity index is 843. The standard InChI is InChI=1S/C19H21IN4O4/c1-2-27-16-9-14(11-23-24-19(21)26)8-15(20)18(16)28-12-17(25)22-10-13-6-4-3-5-7-13/h3-9,11H,2,10,12H2,1H3,(H,22,25)(H3,21,24,26)/b23-11+. The highest BCUT2D eigenvalue weighted by Crippen LogP contribution is 2.33. The zero-order valence-corrected chi connectivity index (χ0v) is 17.4. The van der Waals surface area contributed by atoms with Gasteiger partial charge in [0.2, 0.25) is 0 Å². The maximum Gasteiger partial charge on any atom is 0.332 e. The van der Waals surface area contributed by atoms with Crippen LogP contribution in [0.1, 0.15) is 18.1 Å². The predicted molar refractivity (Wildman–Crippen MR) is 114 cm³/mol. The molecule has 0 aliphatic heterocycles. The zero-order chi connectivity index (χ0) is 20.4. The van der Waals surface area contributed by atoms with E-state index in [0.29, 0.717) is 30.2 Å². The summed E-state index contributed by atoms with van der Waals surface area (Å²) in [6.07, 6.45) is 1.44. The van der Waals surface area contributed by atoms with Crippen LogP contribution >= 0.6 is 22.6 Å². The van der Waals surface area contributed by atoms with E-state index in [1.165, 1.54) is 6.21 Å². The minimum Gasteiger partial charge on any atom is -0.490 e. The van der Waals surface area contributed by atoms with Crippen molar-refractivity contribution in [2.24, 2.45) is 10.8 Å². The Labute approximate surface area is 176 Å². The van der Waals surface area contributed by atoms with Gasteiger partial charge >= 0.3 is 6.03 Å². The van der Waals surface area contributed by atoms with Gasteiger partial charge in [-0.15, -0.1) is 0 Å². The van der Waals surface area contributed by atoms with Gasteiger partial charge in [-0.2, -0.15) is 5.10 Å². The second kappa shape index (κ2) is 11.1. The topological polar surface area (TPSA) is 115 Å². The SMILES string of the molecule is CCOc1cc(/C=N/NC(N)=O)cc(I)c1OCC(=O)NCc1ccccc1. The van der Waals surface area contributed by atoms with Gasteiger partial charge in [0.15, 0.2) is 18.1 Å². The molecule has 28 heavy (non-hydrogen) atoms. The second-order valence-electron chi connectivity index (χ2n) is 5.55. The Kier molecular flexibility index (Phi) is 8.53. The number of urea groups is 1. The molecule has 0 fully saturated rings. The smallest absolute Gasteiger partial charge is 0.332 e. The van der Waals surface area contributed by atoms with Crippen molar-refractivity contribution in [1.82, 2.24) is 10.7 Å². The number of carbonyl (C=O) groups excluding carboxylic acids is 2. The van der Waals surface area contributed by atoms with Crippen molar-refractivity contribution in [3.63, 3.8) is 0 Å². The zero-order valence-electron chi connectivity index (χ0n) is 15.3. The van der Waals surface area contributed by atoms with E-state index in [2.05, 4.69) is 38.4 Å². The van der Waals surface area contributed by atoms with Crippen LogP contribution in [0.4, 0.5) is 4.79 Å². The number of nitrogens with zero attached hydrogens (tertiary/aromatic N) is 1. The summed E-state index contributed by atoms with van der Waals surface area (Å²) < 4.78 is 12.0. The lowest BCUT2D eigenvalue weighted by Gasteiger charge is -2.14. The first-order valence-corrected chi connectivity index (χ1v) is 9.55. The molecule has 2 rings (SSSR count). The molecular weight excluding hydrogens is 475 g/mol. The molecule has 0 bridgehead atoms. The Hall–Kier alpha value is -2.82. The number of nitrogens with one attached hydrogen (secondary N) is 2. The van der Waals surface area contributed by atoms with Crippen LogP contribution in [0.3, 0.4) is 0 Å². The van der Waals surface area contributed by atoms with Gasteiger partial charge in [-0.05, 0) is 52.8 Å². The van der Waals surface area contributed by atoms with Crippen LogP contribution in [0.25, 0.3) is 0 Å². The lowest BCUT2D eigenvalue weighted by Crippen LogP contribution is -2.28. The highest BCUT2D eigenvalue weighted by Gasteiger charge is 2.13. The van der Waals surface area contributed by atoms with Crippen molar-refractivity contribution in [3.8, 4) is 11.5 Å². The minimum atomic E-state index is -0.752. The number of rotatable bonds is 9. The third-order valence-electron chi connectivity index (χ3n) is 3.40. The van der Waals surface area contributed by atoms with Gasteiger partial charge in [0.1, 0.15) is 0 Å². The average molecular weight is 496 g/mol. The van der Waals surface area contributed by atoms with Crippen LogP contribution in [0.2, 0.25) is 0 Å². The Morgan fingerprint density at radius 1 is 1.21 bits per heavy atom. The molecule has 0 unspecified atom stereocenters. The van der Waals surface area contributed by atoms with Crippen molar-refractivity contribution in [2.75, 3.05) is 13.2 Å². The van der Waals surface area contributed by atoms with Gasteiger partial charge in [-0.25, -0.2) is 10.2 Å². The van der Waals surface area contributed by atoms with Crippen LogP contribution in [0, 0.1) is 3.57 Å². The number of amides is 3. The number of hydrogen-bond donors (Lipinski definition) is 3. The monoisotopic (exact) mass is 496 g/mol. The van der Waals surface area contributed by atoms with Gasteiger partial charge in [0.25, 0.3) is 5.91 Å². The van der Waals surface area contributed by atoms with Crippen molar-refractivity contribution >= 4 is 40.7 Å². The van der Waals surface area contributed by atoms with Crippen LogP contribution < -0.4 is 25.9 Å². The van der Waals surface area contributed by atoms with E-state index in [0.717, 1.165) is 9.13 Å². The molecule has 2 aromatic rings. The van der Waals surface area contributed by atoms with E-state index in [4.69, 9.17) is 15.2 Å². The summed E-state index contributed by atoms with van der Waals surface area (Å²) >= 11 is 2.08. The van der Waals surface area contributed by atoms with E-state index >= 15 is 0 Å². The molecule has 0 saturated carbocycles. The van der Waals surface area contributed by atoms with Gasteiger partial charge in [0, 0.05) is 6.54 Å². The number of hydrogen-bond acceptors (Lipinski definition) is 5. The van der Waals surface area contributed by atoms with E-state index in [-0.39, 0.29) is 12.5 Å². The molecule has 2 aromatic carbocycles. The molecular formula is C19H21IN4O4. The predicted octanol–water partition coefficient (Wildman–Crippen LogP) is 2.39. The molecule has 0 heterocycles. The average Bonchev–Trinajstić information content (AvgIpc) is 2.66. The summed E-state index contributed by atoms with van der Waals surface area (Å²) in [6, 6.07) is 12.4. The summed E-state index contributed by atoms with van der Waals surface area (Å²) in [5.41, 5.74) is 8.79. The first kappa shape index (κ1) is 21.5. The molecule has 0 aliphatic carbocycles. The lowest BCUT2D eigenvalue weighted by molar-refractivity contribution is -0.123. The molecule has 0 aliphatic rings. The molecule has 0 spiro atoms. The van der Waals surface area contributed by atoms with Crippen molar-refractivity contribution in [3.05, 3.63) is 57.2 Å². The number of halogens is 1. The minimum absolute atomic E-state index is 0.139. The first-order chi connectivity index (χ1) is 13.5. The van der Waals surface area contributed by atoms with E-state index in [1.54, 1.807) is 12.1 Å². The summed E-state index contributed by atoms with van der Waals surface area (Å²) in [4.78, 5) is 22.8. The fourth-order valence-electron chi connectivity index (χ4n) is 2.22. The number of carbonyl (C=O) groups is 2. The largest absolute Gasteiger partial charge is 0.490 e.